The van der Waals surface area contributed by atoms with E-state index in [-0.39, 0.29) is 86.5 Å². The molecule has 2 aromatic carbocycles. The van der Waals surface area contributed by atoms with Gasteiger partial charge in [0.05, 0.1) is 4.90 Å². The van der Waals surface area contributed by atoms with E-state index in [2.05, 4.69) is 40.5 Å². The number of nitrogens with zero attached hydrogens (tertiary/aromatic N) is 6. The number of rotatable bonds is 8. The summed E-state index contributed by atoms with van der Waals surface area (Å²) in [7, 11) is -9.80. The zero-order valence-corrected chi connectivity index (χ0v) is 23.8. The van der Waals surface area contributed by atoms with Crippen LogP contribution >= 0.6 is 46.4 Å². The van der Waals surface area contributed by atoms with Crippen molar-refractivity contribution >= 4 is 132 Å². The maximum absolute atomic E-state index is 12.1. The molecule has 0 fully saturated rings. The van der Waals surface area contributed by atoms with Crippen molar-refractivity contribution in [3.8, 4) is 0 Å². The van der Waals surface area contributed by atoms with Gasteiger partial charge >= 0.3 is 31.0 Å². The Bertz CT molecular complexity index is 1720. The molecule has 41 heavy (non-hydrogen) atoms. The number of benzene rings is 2. The average molecular weight is 690 g/mol. The van der Waals surface area contributed by atoms with Crippen LogP contribution in [0.15, 0.2) is 46.2 Å². The van der Waals surface area contributed by atoms with Gasteiger partial charge < -0.3 is 15.2 Å². The molecule has 0 saturated heterocycles. The minimum absolute atomic E-state index is 0. The molecule has 14 nitrogen and oxygen atoms in total. The quantitative estimate of drug-likeness (QED) is 0.136. The molecule has 0 aliphatic rings. The fourth-order valence-corrected chi connectivity index (χ4v) is 5.27. The molecule has 0 atom stereocenters. The van der Waals surface area contributed by atoms with Crippen LogP contribution in [0.4, 0.5) is 23.3 Å². The third-order valence-electron chi connectivity index (χ3n) is 4.69. The molecule has 21 heteroatoms. The molecule has 0 unspecified atom stereocenters. The fraction of sp³-hybridized carbons (Fsp3) is 0. The summed E-state index contributed by atoms with van der Waals surface area (Å²) >= 11 is 22.9. The Morgan fingerprint density at radius 3 is 1.41 bits per heavy atom. The number of nitrogens with one attached hydrogen (secondary N) is 2. The molecule has 0 bridgehead atoms. The van der Waals surface area contributed by atoms with Crippen molar-refractivity contribution in [2.45, 2.75) is 9.79 Å². The Hall–Kier alpha value is -2.22. The molecule has 210 valence electrons. The average Bonchev–Trinajstić information content (AvgIpc) is 2.81. The van der Waals surface area contributed by atoms with Crippen LogP contribution in [-0.4, -0.2) is 85.4 Å². The molecule has 0 radical (unpaired) electrons. The van der Waals surface area contributed by atoms with Gasteiger partial charge in [-0.2, -0.15) is 38.3 Å². The summed E-state index contributed by atoms with van der Waals surface area (Å²) in [5, 5.41) is 4.43. The Morgan fingerprint density at radius 2 is 1.05 bits per heavy atom. The second-order valence-corrected chi connectivity index (χ2v) is 11.5. The molecule has 4 rings (SSSR count). The van der Waals surface area contributed by atoms with E-state index in [1.54, 1.807) is 0 Å². The molecule has 2 aromatic heterocycles. The van der Waals surface area contributed by atoms with Crippen molar-refractivity contribution in [2.75, 3.05) is 10.6 Å². The number of hydrogen-bond donors (Lipinski definition) is 3. The first-order valence-corrected chi connectivity index (χ1v) is 14.6. The summed E-state index contributed by atoms with van der Waals surface area (Å²) in [6, 6.07) is 7.43. The van der Waals surface area contributed by atoms with E-state index in [1.165, 1.54) is 36.4 Å². The van der Waals surface area contributed by atoms with Crippen LogP contribution in [0.5, 0.6) is 0 Å². The summed E-state index contributed by atoms with van der Waals surface area (Å²) in [6.07, 6.45) is 2.36. The molecular weight excluding hydrogens is 677 g/mol. The van der Waals surface area contributed by atoms with Gasteiger partial charge in [0.1, 0.15) is 15.0 Å². The van der Waals surface area contributed by atoms with Crippen molar-refractivity contribution in [3.05, 3.63) is 68.7 Å². The van der Waals surface area contributed by atoms with Crippen LogP contribution in [0.25, 0.3) is 12.2 Å². The Kier molecular flexibility index (Phi) is 10.9. The van der Waals surface area contributed by atoms with Crippen LogP contribution in [-0.2, 0) is 20.2 Å². The van der Waals surface area contributed by atoms with Crippen molar-refractivity contribution in [2.24, 2.45) is 0 Å². The Morgan fingerprint density at radius 1 is 0.683 bits per heavy atom. The number of aromatic nitrogens is 6. The van der Waals surface area contributed by atoms with Crippen LogP contribution in [0.3, 0.4) is 0 Å². The van der Waals surface area contributed by atoms with E-state index >= 15 is 0 Å². The first kappa shape index (κ1) is 33.3. The molecule has 0 amide bonds. The summed E-state index contributed by atoms with van der Waals surface area (Å²) in [6.45, 7) is 0. The van der Waals surface area contributed by atoms with Gasteiger partial charge in [-0.05, 0) is 81.8 Å². The predicted molar refractivity (Wildman–Crippen MR) is 154 cm³/mol. The molecule has 4 aromatic rings. The van der Waals surface area contributed by atoms with Crippen LogP contribution in [0.2, 0.25) is 21.1 Å². The maximum atomic E-state index is 12.1. The van der Waals surface area contributed by atoms with Crippen molar-refractivity contribution in [1.82, 2.24) is 29.9 Å². The second kappa shape index (κ2) is 13.4. The molecule has 0 spiro atoms. The number of halogens is 4. The van der Waals surface area contributed by atoms with Crippen molar-refractivity contribution in [3.63, 3.8) is 0 Å². The van der Waals surface area contributed by atoms with E-state index in [0.717, 1.165) is 12.1 Å². The first-order chi connectivity index (χ1) is 18.7. The molecule has 0 aliphatic heterocycles. The van der Waals surface area contributed by atoms with Gasteiger partial charge in [-0.15, -0.1) is 0 Å². The van der Waals surface area contributed by atoms with Gasteiger partial charge in [0, 0.05) is 11.4 Å². The molecule has 2 heterocycles. The van der Waals surface area contributed by atoms with Gasteiger partial charge in [-0.3, -0.25) is 4.55 Å². The Labute approximate surface area is 275 Å². The van der Waals surface area contributed by atoms with Gasteiger partial charge in [-0.25, -0.2) is 8.42 Å². The van der Waals surface area contributed by atoms with Gasteiger partial charge in [-0.1, -0.05) is 24.3 Å². The minimum atomic E-state index is -5.02. The normalized spacial score (nSPS) is 11.8. The van der Waals surface area contributed by atoms with E-state index < -0.39 is 30.0 Å². The number of hydrogen-bond acceptors (Lipinski definition) is 13. The van der Waals surface area contributed by atoms with Crippen LogP contribution in [0.1, 0.15) is 12.6 Å². The SMILES string of the molecule is O=S(=O)([O-])c1cc(Nc2nc(Cl)nc(Cl)n2)ccc1C=Cc1ccc(Nc2nc(Cl)nc(Cl)n2)cc1S(=O)(=O)O.[H+].[NaH]. The third-order valence-corrected chi connectivity index (χ3v) is 7.17. The molecule has 0 saturated carbocycles. The second-order valence-electron chi connectivity index (χ2n) is 7.41. The van der Waals surface area contributed by atoms with E-state index in [9.17, 15) is 25.9 Å². The Balaban J connectivity index is 0.00000308. The third kappa shape index (κ3) is 9.13. The van der Waals surface area contributed by atoms with E-state index in [4.69, 9.17) is 46.4 Å². The molecular formula is C20H13Cl4N8NaO6S2. The van der Waals surface area contributed by atoms with Crippen LogP contribution < -0.4 is 10.6 Å². The zero-order valence-electron chi connectivity index (χ0n) is 20.1. The predicted octanol–water partition coefficient (Wildman–Crippen LogP) is 3.94. The van der Waals surface area contributed by atoms with Gasteiger partial charge in [0.2, 0.25) is 33.0 Å². The monoisotopic (exact) mass is 688 g/mol. The molecule has 0 aliphatic carbocycles. The first-order valence-electron chi connectivity index (χ1n) is 10.3. The van der Waals surface area contributed by atoms with Crippen molar-refractivity contribution < 1.29 is 27.4 Å². The van der Waals surface area contributed by atoms with Gasteiger partial charge in [0.15, 0.2) is 0 Å². The standard InChI is InChI=1S/C20H12Cl4N8O6S2.Na.H/c21-15-27-16(22)30-19(29-15)25-11-5-3-9(13(7-11)39(33,34)35)1-2-10-4-6-12(8-14(10)40(36,37)38)26-20-31-17(23)28-18(24)32-20;;/h1-8H,(H,33,34,35)(H,36,37,38)(H,25,27,29,30)(H,26,28,31,32);;. The van der Waals surface area contributed by atoms with Crippen molar-refractivity contribution in [1.29, 1.82) is 0 Å². The number of anilines is 4. The summed E-state index contributed by atoms with van der Waals surface area (Å²) < 4.78 is 69.9. The van der Waals surface area contributed by atoms with E-state index in [0.29, 0.717) is 0 Å². The summed E-state index contributed by atoms with van der Waals surface area (Å²) in [4.78, 5) is 21.1. The summed E-state index contributed by atoms with van der Waals surface area (Å²) in [5.41, 5.74) is 0.0771. The fourth-order valence-electron chi connectivity index (χ4n) is 3.14. The van der Waals surface area contributed by atoms with E-state index in [1.807, 2.05) is 0 Å². The molecule has 3 N–H and O–H groups in total. The zero-order chi connectivity index (χ0) is 29.2. The summed E-state index contributed by atoms with van der Waals surface area (Å²) in [5.74, 6) is -0.217. The van der Waals surface area contributed by atoms with Crippen LogP contribution in [0, 0.1) is 0 Å². The topological polar surface area (TPSA) is 213 Å². The van der Waals surface area contributed by atoms with Gasteiger partial charge in [0.25, 0.3) is 10.1 Å².